The summed E-state index contributed by atoms with van der Waals surface area (Å²) in [6, 6.07) is 6.28. The maximum Gasteiger partial charge on any atom is 0.191 e. The van der Waals surface area contributed by atoms with E-state index in [0.717, 1.165) is 36.3 Å². The molecule has 28 heavy (non-hydrogen) atoms. The fraction of sp³-hybridized carbons (Fsp3) is 0.667. The van der Waals surface area contributed by atoms with E-state index < -0.39 is 0 Å². The fourth-order valence-corrected chi connectivity index (χ4v) is 3.19. The molecule has 1 fully saturated rings. The normalized spacial score (nSPS) is 15.8. The lowest BCUT2D eigenvalue weighted by atomic mass is 9.99. The molecular weight excluding hydrogens is 467 g/mol. The molecule has 0 radical (unpaired) electrons. The lowest BCUT2D eigenvalue weighted by Crippen LogP contribution is -2.43. The number of aliphatic imine (C=N–C) groups is 1. The summed E-state index contributed by atoms with van der Waals surface area (Å²) in [6.45, 7) is 10.6. The van der Waals surface area contributed by atoms with Gasteiger partial charge in [-0.25, -0.2) is 0 Å². The zero-order valence-corrected chi connectivity index (χ0v) is 20.1. The van der Waals surface area contributed by atoms with Crippen molar-refractivity contribution in [3.8, 4) is 5.75 Å². The largest absolute Gasteiger partial charge is 0.491 e. The molecule has 0 bridgehead atoms. The minimum absolute atomic E-state index is 0. The van der Waals surface area contributed by atoms with E-state index in [1.807, 2.05) is 7.05 Å². The summed E-state index contributed by atoms with van der Waals surface area (Å²) in [5, 5.41) is 6.81. The molecule has 1 aliphatic rings. The number of methoxy groups -OCH3 is 1. The highest BCUT2D eigenvalue weighted by Gasteiger charge is 2.15. The van der Waals surface area contributed by atoms with Gasteiger partial charge in [0.25, 0.3) is 0 Å². The molecule has 1 aromatic carbocycles. The minimum atomic E-state index is 0. The molecule has 0 atom stereocenters. The minimum Gasteiger partial charge on any atom is -0.491 e. The van der Waals surface area contributed by atoms with Gasteiger partial charge in [0.15, 0.2) is 5.96 Å². The van der Waals surface area contributed by atoms with E-state index in [-0.39, 0.29) is 24.0 Å². The summed E-state index contributed by atoms with van der Waals surface area (Å²) in [7, 11) is 3.49. The molecule has 1 aromatic rings. The van der Waals surface area contributed by atoms with Crippen LogP contribution in [0.4, 0.5) is 0 Å². The third-order valence-corrected chi connectivity index (χ3v) is 5.03. The molecule has 0 amide bonds. The summed E-state index contributed by atoms with van der Waals surface area (Å²) >= 11 is 0. The summed E-state index contributed by atoms with van der Waals surface area (Å²) in [5.74, 6) is 2.60. The molecule has 0 unspecified atom stereocenters. The Morgan fingerprint density at radius 3 is 2.64 bits per heavy atom. The lowest BCUT2D eigenvalue weighted by Gasteiger charge is -2.30. The molecule has 2 rings (SSSR count). The van der Waals surface area contributed by atoms with Crippen LogP contribution in [0.2, 0.25) is 0 Å². The van der Waals surface area contributed by atoms with Crippen LogP contribution in [0, 0.1) is 12.8 Å². The van der Waals surface area contributed by atoms with Crippen LogP contribution in [0.3, 0.4) is 0 Å². The molecule has 1 saturated heterocycles. The van der Waals surface area contributed by atoms with Crippen LogP contribution in [-0.2, 0) is 11.3 Å². The van der Waals surface area contributed by atoms with Crippen molar-refractivity contribution < 1.29 is 9.47 Å². The Morgan fingerprint density at radius 1 is 1.21 bits per heavy atom. The molecule has 0 saturated carbocycles. The fourth-order valence-electron chi connectivity index (χ4n) is 3.19. The van der Waals surface area contributed by atoms with Crippen LogP contribution in [-0.4, -0.2) is 64.4 Å². The van der Waals surface area contributed by atoms with Crippen LogP contribution in [0.15, 0.2) is 23.2 Å². The number of rotatable bonds is 9. The molecule has 2 N–H and O–H groups in total. The topological polar surface area (TPSA) is 58.1 Å². The highest BCUT2D eigenvalue weighted by atomic mass is 127. The monoisotopic (exact) mass is 504 g/mol. The number of ether oxygens (including phenoxy) is 2. The van der Waals surface area contributed by atoms with Crippen LogP contribution in [0.25, 0.3) is 0 Å². The van der Waals surface area contributed by atoms with Gasteiger partial charge in [-0.15, -0.1) is 24.0 Å². The van der Waals surface area contributed by atoms with Crippen molar-refractivity contribution in [1.29, 1.82) is 0 Å². The van der Waals surface area contributed by atoms with Gasteiger partial charge < -0.3 is 25.0 Å². The quantitative estimate of drug-likeness (QED) is 0.235. The maximum atomic E-state index is 5.86. The number of aryl methyl sites for hydroxylation is 1. The molecule has 1 aliphatic heterocycles. The van der Waals surface area contributed by atoms with Gasteiger partial charge >= 0.3 is 0 Å². The van der Waals surface area contributed by atoms with E-state index in [2.05, 4.69) is 52.6 Å². The maximum absolute atomic E-state index is 5.86. The third-order valence-electron chi connectivity index (χ3n) is 5.03. The van der Waals surface area contributed by atoms with Crippen molar-refractivity contribution in [2.24, 2.45) is 10.9 Å². The van der Waals surface area contributed by atoms with Gasteiger partial charge in [0.1, 0.15) is 12.4 Å². The predicted molar refractivity (Wildman–Crippen MR) is 127 cm³/mol. The summed E-state index contributed by atoms with van der Waals surface area (Å²) in [4.78, 5) is 6.87. The SMILES string of the molecule is CN=C(NCCN1CCC(C)CC1)NCc1ccc(C)cc1OCCOC.I. The summed E-state index contributed by atoms with van der Waals surface area (Å²) < 4.78 is 10.9. The number of nitrogens with one attached hydrogen (secondary N) is 2. The number of hydrogen-bond donors (Lipinski definition) is 2. The highest BCUT2D eigenvalue weighted by molar-refractivity contribution is 14.0. The summed E-state index contributed by atoms with van der Waals surface area (Å²) in [5.41, 5.74) is 2.30. The standard InChI is InChI=1S/C21H36N4O2.HI/c1-17-7-10-25(11-8-17)12-9-23-21(22-3)24-16-19-6-5-18(2)15-20(19)27-14-13-26-4;/h5-6,15,17H,7-14,16H2,1-4H3,(H2,22,23,24);1H. The van der Waals surface area contributed by atoms with Crippen molar-refractivity contribution in [1.82, 2.24) is 15.5 Å². The Hall–Kier alpha value is -1.06. The zero-order chi connectivity index (χ0) is 19.5. The van der Waals surface area contributed by atoms with Gasteiger partial charge in [-0.2, -0.15) is 0 Å². The summed E-state index contributed by atoms with van der Waals surface area (Å²) in [6.07, 6.45) is 2.62. The first-order valence-electron chi connectivity index (χ1n) is 10.0. The second-order valence-electron chi connectivity index (χ2n) is 7.33. The Kier molecular flexibility index (Phi) is 12.5. The molecule has 0 aliphatic carbocycles. The van der Waals surface area contributed by atoms with Crippen molar-refractivity contribution in [3.63, 3.8) is 0 Å². The predicted octanol–water partition coefficient (Wildman–Crippen LogP) is 3.04. The number of likely N-dealkylation sites (tertiary alicyclic amines) is 1. The first-order valence-corrected chi connectivity index (χ1v) is 10.0. The molecule has 6 nitrogen and oxygen atoms in total. The molecule has 1 heterocycles. The number of nitrogens with zero attached hydrogens (tertiary/aromatic N) is 2. The Morgan fingerprint density at radius 2 is 1.96 bits per heavy atom. The number of benzene rings is 1. The van der Waals surface area contributed by atoms with E-state index in [1.54, 1.807) is 7.11 Å². The average molecular weight is 504 g/mol. The van der Waals surface area contributed by atoms with Crippen molar-refractivity contribution in [2.45, 2.75) is 33.2 Å². The Balaban J connectivity index is 0.00000392. The van der Waals surface area contributed by atoms with Gasteiger partial charge in [-0.1, -0.05) is 19.1 Å². The van der Waals surface area contributed by atoms with Crippen LogP contribution < -0.4 is 15.4 Å². The second kappa shape index (κ2) is 14.0. The van der Waals surface area contributed by atoms with Crippen molar-refractivity contribution in [2.75, 3.05) is 53.6 Å². The van der Waals surface area contributed by atoms with Crippen LogP contribution in [0.5, 0.6) is 5.75 Å². The number of piperidine rings is 1. The van der Waals surface area contributed by atoms with Gasteiger partial charge in [0.2, 0.25) is 0 Å². The van der Waals surface area contributed by atoms with Gasteiger partial charge in [0.05, 0.1) is 6.61 Å². The van der Waals surface area contributed by atoms with E-state index in [0.29, 0.717) is 19.8 Å². The van der Waals surface area contributed by atoms with Gasteiger partial charge in [0, 0.05) is 39.4 Å². The third kappa shape index (κ3) is 8.96. The van der Waals surface area contributed by atoms with E-state index in [4.69, 9.17) is 9.47 Å². The van der Waals surface area contributed by atoms with E-state index in [9.17, 15) is 0 Å². The molecule has 0 aromatic heterocycles. The van der Waals surface area contributed by atoms with Gasteiger partial charge in [-0.05, 0) is 50.4 Å². The van der Waals surface area contributed by atoms with Crippen LogP contribution >= 0.6 is 24.0 Å². The number of halogens is 1. The van der Waals surface area contributed by atoms with Crippen molar-refractivity contribution in [3.05, 3.63) is 29.3 Å². The van der Waals surface area contributed by atoms with Crippen LogP contribution in [0.1, 0.15) is 30.9 Å². The Bertz CT molecular complexity index is 590. The first kappa shape index (κ1) is 25.0. The Labute approximate surface area is 187 Å². The average Bonchev–Trinajstić information content (AvgIpc) is 2.67. The zero-order valence-electron chi connectivity index (χ0n) is 17.8. The lowest BCUT2D eigenvalue weighted by molar-refractivity contribution is 0.145. The second-order valence-corrected chi connectivity index (χ2v) is 7.33. The first-order chi connectivity index (χ1) is 13.1. The number of hydrogen-bond acceptors (Lipinski definition) is 4. The van der Waals surface area contributed by atoms with E-state index >= 15 is 0 Å². The van der Waals surface area contributed by atoms with E-state index in [1.165, 1.54) is 31.5 Å². The highest BCUT2D eigenvalue weighted by Crippen LogP contribution is 2.20. The molecule has 7 heteroatoms. The van der Waals surface area contributed by atoms with Gasteiger partial charge in [-0.3, -0.25) is 4.99 Å². The van der Waals surface area contributed by atoms with Crippen molar-refractivity contribution >= 4 is 29.9 Å². The molecule has 0 spiro atoms. The molecular formula is C21H37IN4O2. The number of guanidine groups is 1. The molecule has 160 valence electrons. The smallest absolute Gasteiger partial charge is 0.191 e.